The fraction of sp³-hybridized carbons (Fsp3) is 0.0714. The minimum Gasteiger partial charge on any atom is -0.298 e. The number of carbonyl (C=O) groups is 1. The summed E-state index contributed by atoms with van der Waals surface area (Å²) in [5, 5.41) is 0. The highest BCUT2D eigenvalue weighted by Gasteiger charge is 2.06. The molecule has 0 atom stereocenters. The molecule has 0 aromatic heterocycles. The van der Waals surface area contributed by atoms with Gasteiger partial charge in [0.2, 0.25) is 0 Å². The van der Waals surface area contributed by atoms with E-state index in [9.17, 15) is 13.2 Å². The van der Waals surface area contributed by atoms with Gasteiger partial charge in [0.15, 0.2) is 9.84 Å². The summed E-state index contributed by atoms with van der Waals surface area (Å²) in [6.45, 7) is 0. The predicted octanol–water partition coefficient (Wildman–Crippen LogP) is 2.57. The highest BCUT2D eigenvalue weighted by atomic mass is 32.2. The summed E-state index contributed by atoms with van der Waals surface area (Å²) in [5.41, 5.74) is 2.48. The van der Waals surface area contributed by atoms with Gasteiger partial charge in [0.1, 0.15) is 6.29 Å². The zero-order valence-corrected chi connectivity index (χ0v) is 10.6. The molecule has 0 unspecified atom stereocenters. The van der Waals surface area contributed by atoms with E-state index in [1.165, 1.54) is 6.26 Å². The molecular weight excluding hydrogens is 248 g/mol. The zero-order valence-electron chi connectivity index (χ0n) is 9.83. The number of hydrogen-bond donors (Lipinski definition) is 0. The molecule has 2 aromatic carbocycles. The lowest BCUT2D eigenvalue weighted by Gasteiger charge is -2.03. The first-order valence-electron chi connectivity index (χ1n) is 5.36. The molecule has 0 bridgehead atoms. The molecule has 3 nitrogen and oxygen atoms in total. The van der Waals surface area contributed by atoms with E-state index in [2.05, 4.69) is 0 Å². The fourth-order valence-corrected chi connectivity index (χ4v) is 2.28. The minimum atomic E-state index is -3.16. The van der Waals surface area contributed by atoms with Gasteiger partial charge in [0.05, 0.1) is 4.90 Å². The Morgan fingerprint density at radius 3 is 1.67 bits per heavy atom. The topological polar surface area (TPSA) is 51.2 Å². The van der Waals surface area contributed by atoms with Crippen molar-refractivity contribution < 1.29 is 13.2 Å². The SMILES string of the molecule is CS(=O)(=O)c1ccc(-c2ccc(C=O)cc2)cc1. The van der Waals surface area contributed by atoms with E-state index in [4.69, 9.17) is 0 Å². The van der Waals surface area contributed by atoms with Gasteiger partial charge in [-0.2, -0.15) is 0 Å². The maximum atomic E-state index is 11.3. The zero-order chi connectivity index (χ0) is 13.2. The van der Waals surface area contributed by atoms with Gasteiger partial charge in [-0.15, -0.1) is 0 Å². The number of carbonyl (C=O) groups excluding carboxylic acids is 1. The Balaban J connectivity index is 2.37. The molecular formula is C14H12O3S. The van der Waals surface area contributed by atoms with Crippen molar-refractivity contribution in [1.82, 2.24) is 0 Å². The molecule has 0 spiro atoms. The number of sulfone groups is 1. The first-order chi connectivity index (χ1) is 8.50. The molecule has 0 fully saturated rings. The van der Waals surface area contributed by atoms with E-state index in [-0.39, 0.29) is 0 Å². The van der Waals surface area contributed by atoms with Crippen LogP contribution in [0.15, 0.2) is 53.4 Å². The van der Waals surface area contributed by atoms with Crippen LogP contribution in [0.1, 0.15) is 10.4 Å². The first kappa shape index (κ1) is 12.5. The molecule has 0 amide bonds. The van der Waals surface area contributed by atoms with Crippen LogP contribution in [0, 0.1) is 0 Å². The van der Waals surface area contributed by atoms with Crippen molar-refractivity contribution in [2.75, 3.05) is 6.26 Å². The van der Waals surface area contributed by atoms with E-state index in [1.54, 1.807) is 36.4 Å². The smallest absolute Gasteiger partial charge is 0.175 e. The van der Waals surface area contributed by atoms with Crippen molar-refractivity contribution >= 4 is 16.1 Å². The van der Waals surface area contributed by atoms with E-state index < -0.39 is 9.84 Å². The Labute approximate surface area is 106 Å². The number of rotatable bonds is 3. The van der Waals surface area contributed by atoms with Gasteiger partial charge in [0, 0.05) is 11.8 Å². The van der Waals surface area contributed by atoms with Crippen molar-refractivity contribution in [3.63, 3.8) is 0 Å². The molecule has 18 heavy (non-hydrogen) atoms. The van der Waals surface area contributed by atoms with E-state index >= 15 is 0 Å². The van der Waals surface area contributed by atoms with Gasteiger partial charge in [-0.25, -0.2) is 8.42 Å². The molecule has 2 aromatic rings. The van der Waals surface area contributed by atoms with Crippen LogP contribution in [0.25, 0.3) is 11.1 Å². The lowest BCUT2D eigenvalue weighted by atomic mass is 10.0. The van der Waals surface area contributed by atoms with Crippen LogP contribution in [0.2, 0.25) is 0 Å². The van der Waals surface area contributed by atoms with Crippen LogP contribution in [0.3, 0.4) is 0 Å². The Morgan fingerprint density at radius 2 is 1.28 bits per heavy atom. The van der Waals surface area contributed by atoms with Crippen molar-refractivity contribution in [3.8, 4) is 11.1 Å². The van der Waals surface area contributed by atoms with Crippen molar-refractivity contribution in [3.05, 3.63) is 54.1 Å². The Morgan fingerprint density at radius 1 is 0.833 bits per heavy atom. The molecule has 92 valence electrons. The first-order valence-corrected chi connectivity index (χ1v) is 7.25. The van der Waals surface area contributed by atoms with Crippen LogP contribution in [0.5, 0.6) is 0 Å². The van der Waals surface area contributed by atoms with Gasteiger partial charge in [-0.1, -0.05) is 36.4 Å². The Kier molecular flexibility index (Phi) is 3.30. The van der Waals surface area contributed by atoms with Gasteiger partial charge in [-0.05, 0) is 23.3 Å². The highest BCUT2D eigenvalue weighted by molar-refractivity contribution is 7.90. The molecule has 0 aliphatic rings. The molecule has 0 aliphatic carbocycles. The van der Waals surface area contributed by atoms with E-state index in [0.29, 0.717) is 10.5 Å². The highest BCUT2D eigenvalue weighted by Crippen LogP contribution is 2.21. The lowest BCUT2D eigenvalue weighted by Crippen LogP contribution is -1.96. The van der Waals surface area contributed by atoms with E-state index in [0.717, 1.165) is 17.4 Å². The summed E-state index contributed by atoms with van der Waals surface area (Å²) in [6.07, 6.45) is 1.97. The summed E-state index contributed by atoms with van der Waals surface area (Å²) < 4.78 is 22.7. The van der Waals surface area contributed by atoms with Crippen molar-refractivity contribution in [2.24, 2.45) is 0 Å². The third kappa shape index (κ3) is 2.65. The van der Waals surface area contributed by atoms with Crippen molar-refractivity contribution in [2.45, 2.75) is 4.90 Å². The summed E-state index contributed by atoms with van der Waals surface area (Å²) >= 11 is 0. The third-order valence-corrected chi connectivity index (χ3v) is 3.79. The standard InChI is InChI=1S/C14H12O3S/c1-18(16,17)14-8-6-13(7-9-14)12-4-2-11(10-15)3-5-12/h2-10H,1H3. The van der Waals surface area contributed by atoms with Crippen LogP contribution in [-0.2, 0) is 9.84 Å². The average Bonchev–Trinajstić information content (AvgIpc) is 2.38. The lowest BCUT2D eigenvalue weighted by molar-refractivity contribution is 0.112. The molecule has 0 aliphatic heterocycles. The second-order valence-corrected chi connectivity index (χ2v) is 6.05. The van der Waals surface area contributed by atoms with Gasteiger partial charge >= 0.3 is 0 Å². The average molecular weight is 260 g/mol. The van der Waals surface area contributed by atoms with Gasteiger partial charge in [0.25, 0.3) is 0 Å². The maximum absolute atomic E-state index is 11.3. The van der Waals surface area contributed by atoms with Crippen LogP contribution >= 0.6 is 0 Å². The second kappa shape index (κ2) is 4.74. The summed E-state index contributed by atoms with van der Waals surface area (Å²) in [5.74, 6) is 0. The molecule has 4 heteroatoms. The quantitative estimate of drug-likeness (QED) is 0.797. The maximum Gasteiger partial charge on any atom is 0.175 e. The second-order valence-electron chi connectivity index (χ2n) is 4.04. The largest absolute Gasteiger partial charge is 0.298 e. The summed E-state index contributed by atoms with van der Waals surface area (Å²) in [6, 6.07) is 13.8. The number of hydrogen-bond acceptors (Lipinski definition) is 3. The van der Waals surface area contributed by atoms with Crippen LogP contribution in [0.4, 0.5) is 0 Å². The molecule has 0 N–H and O–H groups in total. The molecule has 0 saturated carbocycles. The van der Waals surface area contributed by atoms with Crippen LogP contribution in [-0.4, -0.2) is 21.0 Å². The summed E-state index contributed by atoms with van der Waals surface area (Å²) in [4.78, 5) is 10.8. The Hall–Kier alpha value is -1.94. The monoisotopic (exact) mass is 260 g/mol. The molecule has 0 radical (unpaired) electrons. The van der Waals surface area contributed by atoms with Crippen LogP contribution < -0.4 is 0 Å². The molecule has 0 heterocycles. The summed E-state index contributed by atoms with van der Waals surface area (Å²) in [7, 11) is -3.16. The van der Waals surface area contributed by atoms with E-state index in [1.807, 2.05) is 12.1 Å². The van der Waals surface area contributed by atoms with Gasteiger partial charge < -0.3 is 0 Å². The Bertz CT molecular complexity index is 653. The number of benzene rings is 2. The molecule has 0 saturated heterocycles. The molecule has 2 rings (SSSR count). The minimum absolute atomic E-state index is 0.302. The third-order valence-electron chi connectivity index (χ3n) is 2.66. The fourth-order valence-electron chi connectivity index (χ4n) is 1.65. The predicted molar refractivity (Wildman–Crippen MR) is 70.4 cm³/mol. The normalized spacial score (nSPS) is 11.2. The number of aldehydes is 1. The van der Waals surface area contributed by atoms with Crippen molar-refractivity contribution in [1.29, 1.82) is 0 Å². The van der Waals surface area contributed by atoms with Gasteiger partial charge in [-0.3, -0.25) is 4.79 Å².